The molecule has 12 heteroatoms. The van der Waals surface area contributed by atoms with Crippen LogP contribution in [0, 0.1) is 18.2 Å². The number of nitrogen functional groups attached to an aromatic ring is 1. The average Bonchev–Trinajstić information content (AvgIpc) is 3.34. The molecule has 44 heavy (non-hydrogen) atoms. The maximum atomic E-state index is 14.6. The second kappa shape index (κ2) is 12.6. The zero-order chi connectivity index (χ0) is 31.3. The summed E-state index contributed by atoms with van der Waals surface area (Å²) in [5, 5.41) is 0. The molecule has 3 aromatic carbocycles. The standard InChI is InChI=1S/C32H24FN3O8/c1-2-32(44-30(39)22-16-10-5-11-17-22)24(19-41-28(37)20-12-6-3-7-13-20)42-27(36-18-23(33)26(34)35-31(36)40)25(32)43-29(38)21-14-8-4-9-15-21/h1,3-18,24-25,27H,19H2,(H2,34,35,40)/t24-,25+,27-,32-/m1/s1. The SMILES string of the molecule is C#C[C@@]1(OC(=O)c2ccccc2)[C@@H](COC(=O)c2ccccc2)O[C@@H](n2cc(F)c(N)nc2=O)[C@@H]1OC(=O)c1ccccc1. The number of ether oxygens (including phenoxy) is 4. The number of carbonyl (C=O) groups is 3. The lowest BCUT2D eigenvalue weighted by Crippen LogP contribution is -2.54. The van der Waals surface area contributed by atoms with E-state index in [9.17, 15) is 23.6 Å². The lowest BCUT2D eigenvalue weighted by Gasteiger charge is -2.33. The zero-order valence-corrected chi connectivity index (χ0v) is 22.9. The van der Waals surface area contributed by atoms with E-state index in [1.807, 2.05) is 0 Å². The van der Waals surface area contributed by atoms with Crippen molar-refractivity contribution in [3.63, 3.8) is 0 Å². The molecular formula is C32H24FN3O8. The number of halogens is 1. The van der Waals surface area contributed by atoms with E-state index in [0.29, 0.717) is 10.8 Å². The first-order chi connectivity index (χ1) is 21.2. The van der Waals surface area contributed by atoms with E-state index in [2.05, 4.69) is 10.9 Å². The lowest BCUT2D eigenvalue weighted by atomic mass is 9.92. The van der Waals surface area contributed by atoms with Crippen molar-refractivity contribution < 1.29 is 37.7 Å². The van der Waals surface area contributed by atoms with E-state index in [1.54, 1.807) is 54.6 Å². The Labute approximate surface area is 250 Å². The topological polar surface area (TPSA) is 149 Å². The summed E-state index contributed by atoms with van der Waals surface area (Å²) in [6.07, 6.45) is 1.68. The molecule has 0 unspecified atom stereocenters. The number of anilines is 1. The van der Waals surface area contributed by atoms with Crippen LogP contribution in [-0.2, 0) is 18.9 Å². The van der Waals surface area contributed by atoms with Crippen molar-refractivity contribution in [2.45, 2.75) is 24.0 Å². The van der Waals surface area contributed by atoms with Crippen LogP contribution in [0.25, 0.3) is 0 Å². The fraction of sp³-hybridized carbons (Fsp3) is 0.156. The summed E-state index contributed by atoms with van der Waals surface area (Å²) in [4.78, 5) is 55.9. The Morgan fingerprint density at radius 2 is 1.43 bits per heavy atom. The highest BCUT2D eigenvalue weighted by Crippen LogP contribution is 2.42. The summed E-state index contributed by atoms with van der Waals surface area (Å²) in [6, 6.07) is 23.5. The van der Waals surface area contributed by atoms with Crippen molar-refractivity contribution in [1.29, 1.82) is 0 Å². The number of hydrogen-bond donors (Lipinski definition) is 1. The Hall–Kier alpha value is -5.80. The Balaban J connectivity index is 1.60. The smallest absolute Gasteiger partial charge is 0.351 e. The van der Waals surface area contributed by atoms with Crippen LogP contribution in [0.5, 0.6) is 0 Å². The van der Waals surface area contributed by atoms with Gasteiger partial charge in [0.25, 0.3) is 0 Å². The molecule has 11 nitrogen and oxygen atoms in total. The van der Waals surface area contributed by atoms with Gasteiger partial charge in [-0.1, -0.05) is 60.5 Å². The average molecular weight is 598 g/mol. The van der Waals surface area contributed by atoms with Gasteiger partial charge in [-0.3, -0.25) is 4.57 Å². The van der Waals surface area contributed by atoms with Crippen LogP contribution in [0.4, 0.5) is 10.2 Å². The number of carbonyl (C=O) groups excluding carboxylic acids is 3. The predicted molar refractivity (Wildman–Crippen MR) is 153 cm³/mol. The van der Waals surface area contributed by atoms with Crippen molar-refractivity contribution >= 4 is 23.7 Å². The number of esters is 3. The molecule has 4 aromatic rings. The molecule has 1 saturated heterocycles. The van der Waals surface area contributed by atoms with E-state index >= 15 is 0 Å². The van der Waals surface area contributed by atoms with Crippen LogP contribution in [0.15, 0.2) is 102 Å². The fourth-order valence-electron chi connectivity index (χ4n) is 4.58. The van der Waals surface area contributed by atoms with Crippen LogP contribution in [0.1, 0.15) is 37.3 Å². The highest BCUT2D eigenvalue weighted by Gasteiger charge is 2.63. The summed E-state index contributed by atoms with van der Waals surface area (Å²) in [5.41, 5.74) is 2.43. The first-order valence-electron chi connectivity index (χ1n) is 13.2. The number of aromatic nitrogens is 2. The minimum absolute atomic E-state index is 0.0797. The Kier molecular flexibility index (Phi) is 8.50. The molecule has 0 amide bonds. The van der Waals surface area contributed by atoms with Gasteiger partial charge in [-0.25, -0.2) is 23.6 Å². The van der Waals surface area contributed by atoms with Gasteiger partial charge >= 0.3 is 23.6 Å². The summed E-state index contributed by atoms with van der Waals surface area (Å²) < 4.78 is 38.4. The van der Waals surface area contributed by atoms with Gasteiger partial charge in [0.1, 0.15) is 12.7 Å². The van der Waals surface area contributed by atoms with Crippen LogP contribution < -0.4 is 11.4 Å². The second-order valence-corrected chi connectivity index (χ2v) is 9.53. The molecule has 0 spiro atoms. The van der Waals surface area contributed by atoms with E-state index < -0.39 is 65.9 Å². The maximum Gasteiger partial charge on any atom is 0.351 e. The van der Waals surface area contributed by atoms with E-state index in [-0.39, 0.29) is 16.7 Å². The van der Waals surface area contributed by atoms with Crippen molar-refractivity contribution in [3.05, 3.63) is 130 Å². The summed E-state index contributed by atoms with van der Waals surface area (Å²) in [7, 11) is 0. The maximum absolute atomic E-state index is 14.6. The molecule has 0 aliphatic carbocycles. The highest BCUT2D eigenvalue weighted by molar-refractivity contribution is 5.91. The van der Waals surface area contributed by atoms with Gasteiger partial charge in [-0.15, -0.1) is 6.42 Å². The fourth-order valence-corrected chi connectivity index (χ4v) is 4.58. The predicted octanol–water partition coefficient (Wildman–Crippen LogP) is 3.17. The van der Waals surface area contributed by atoms with Crippen molar-refractivity contribution in [3.8, 4) is 12.3 Å². The van der Waals surface area contributed by atoms with Crippen LogP contribution >= 0.6 is 0 Å². The largest absolute Gasteiger partial charge is 0.459 e. The Morgan fingerprint density at radius 3 is 1.98 bits per heavy atom. The van der Waals surface area contributed by atoms with Gasteiger partial charge in [0, 0.05) is 0 Å². The van der Waals surface area contributed by atoms with Gasteiger partial charge < -0.3 is 24.7 Å². The van der Waals surface area contributed by atoms with E-state index in [1.165, 1.54) is 36.4 Å². The molecule has 0 bridgehead atoms. The third-order valence-electron chi connectivity index (χ3n) is 6.79. The molecule has 1 aliphatic heterocycles. The first kappa shape index (κ1) is 29.7. The van der Waals surface area contributed by atoms with Gasteiger partial charge in [0.05, 0.1) is 22.9 Å². The molecule has 1 aliphatic rings. The first-order valence-corrected chi connectivity index (χ1v) is 13.2. The molecule has 2 heterocycles. The van der Waals surface area contributed by atoms with Crippen molar-refractivity contribution in [2.75, 3.05) is 12.3 Å². The van der Waals surface area contributed by atoms with Crippen molar-refractivity contribution in [1.82, 2.24) is 9.55 Å². The van der Waals surface area contributed by atoms with Gasteiger partial charge in [-0.05, 0) is 36.4 Å². The molecule has 5 rings (SSSR count). The van der Waals surface area contributed by atoms with Crippen molar-refractivity contribution in [2.24, 2.45) is 0 Å². The molecule has 1 fully saturated rings. The van der Waals surface area contributed by atoms with Crippen LogP contribution in [-0.4, -0.2) is 51.9 Å². The monoisotopic (exact) mass is 597 g/mol. The summed E-state index contributed by atoms with van der Waals surface area (Å²) in [6.45, 7) is -0.629. The third-order valence-corrected chi connectivity index (χ3v) is 6.79. The number of rotatable bonds is 8. The van der Waals surface area contributed by atoms with E-state index in [0.717, 1.165) is 0 Å². The number of hydrogen-bond acceptors (Lipinski definition) is 10. The minimum Gasteiger partial charge on any atom is -0.459 e. The zero-order valence-electron chi connectivity index (χ0n) is 22.9. The third kappa shape index (κ3) is 5.90. The normalized spacial score (nSPS) is 20.7. The molecule has 4 atom stereocenters. The Bertz CT molecular complexity index is 1780. The molecule has 0 saturated carbocycles. The van der Waals surface area contributed by atoms with Crippen LogP contribution in [0.2, 0.25) is 0 Å². The molecule has 2 N–H and O–H groups in total. The quantitative estimate of drug-likeness (QED) is 0.182. The second-order valence-electron chi connectivity index (χ2n) is 9.53. The number of nitrogens with two attached hydrogens (primary N) is 1. The number of nitrogens with zero attached hydrogens (tertiary/aromatic N) is 2. The molecule has 1 aromatic heterocycles. The number of terminal acetylenes is 1. The summed E-state index contributed by atoms with van der Waals surface area (Å²) in [5.74, 6) is -2.07. The minimum atomic E-state index is -2.31. The van der Waals surface area contributed by atoms with E-state index in [4.69, 9.17) is 31.1 Å². The van der Waals surface area contributed by atoms with Gasteiger partial charge in [0.2, 0.25) is 11.7 Å². The number of benzene rings is 3. The van der Waals surface area contributed by atoms with Crippen LogP contribution in [0.3, 0.4) is 0 Å². The summed E-state index contributed by atoms with van der Waals surface area (Å²) >= 11 is 0. The molecular weight excluding hydrogens is 573 g/mol. The molecule has 0 radical (unpaired) electrons. The highest BCUT2D eigenvalue weighted by atomic mass is 19.1. The van der Waals surface area contributed by atoms with Gasteiger partial charge in [0.15, 0.2) is 17.9 Å². The lowest BCUT2D eigenvalue weighted by molar-refractivity contribution is -0.0784. The Morgan fingerprint density at radius 1 is 0.909 bits per heavy atom. The van der Waals surface area contributed by atoms with Gasteiger partial charge in [-0.2, -0.15) is 4.98 Å². The molecule has 222 valence electrons.